The number of esters is 1. The predicted octanol–water partition coefficient (Wildman–Crippen LogP) is 2.74. The Kier molecular flexibility index (Phi) is 5.77. The fourth-order valence-corrected chi connectivity index (χ4v) is 1.94. The third kappa shape index (κ3) is 4.86. The van der Waals surface area contributed by atoms with Crippen molar-refractivity contribution >= 4 is 18.1 Å². The lowest BCUT2D eigenvalue weighted by Crippen LogP contribution is -2.19. The highest BCUT2D eigenvalue weighted by Gasteiger charge is 2.01. The first-order valence-electron chi connectivity index (χ1n) is 7.06. The molecule has 0 unspecified atom stereocenters. The van der Waals surface area contributed by atoms with Gasteiger partial charge in [0.25, 0.3) is 0 Å². The lowest BCUT2D eigenvalue weighted by atomic mass is 10.1. The van der Waals surface area contributed by atoms with Crippen LogP contribution in [0.2, 0.25) is 0 Å². The minimum Gasteiger partial charge on any atom is -0.497 e. The molecule has 2 aromatic carbocycles. The summed E-state index contributed by atoms with van der Waals surface area (Å²) in [4.78, 5) is 11.1. The van der Waals surface area contributed by atoms with Gasteiger partial charge in [0.05, 0.1) is 20.8 Å². The lowest BCUT2D eigenvalue weighted by Gasteiger charge is -2.06. The van der Waals surface area contributed by atoms with Crippen LogP contribution in [0.1, 0.15) is 11.1 Å². The standard InChI is InChI=1S/C18H19NO4/c1-21-16-9-14(10-17(11-16)22-2)4-3-13-5-7-15(8-6-13)23-18(20)12-19/h3-11H,12,19H2,1-2H3. The van der Waals surface area contributed by atoms with Crippen LogP contribution in [-0.2, 0) is 4.79 Å². The normalized spacial score (nSPS) is 10.6. The molecule has 0 bridgehead atoms. The summed E-state index contributed by atoms with van der Waals surface area (Å²) in [5.74, 6) is 1.47. The van der Waals surface area contributed by atoms with Gasteiger partial charge in [0.15, 0.2) is 0 Å². The van der Waals surface area contributed by atoms with Gasteiger partial charge in [-0.25, -0.2) is 0 Å². The van der Waals surface area contributed by atoms with Crippen molar-refractivity contribution in [3.63, 3.8) is 0 Å². The average Bonchev–Trinajstić information content (AvgIpc) is 2.60. The Hall–Kier alpha value is -2.79. The number of carbonyl (C=O) groups excluding carboxylic acids is 1. The van der Waals surface area contributed by atoms with Gasteiger partial charge in [0, 0.05) is 6.07 Å². The van der Waals surface area contributed by atoms with Crippen LogP contribution in [0.15, 0.2) is 42.5 Å². The quantitative estimate of drug-likeness (QED) is 0.504. The Morgan fingerprint density at radius 3 is 2.00 bits per heavy atom. The summed E-state index contributed by atoms with van der Waals surface area (Å²) in [6, 6.07) is 12.8. The minimum atomic E-state index is -0.461. The monoisotopic (exact) mass is 313 g/mol. The van der Waals surface area contributed by atoms with E-state index in [9.17, 15) is 4.79 Å². The summed E-state index contributed by atoms with van der Waals surface area (Å²) in [6.07, 6.45) is 3.90. The van der Waals surface area contributed by atoms with E-state index >= 15 is 0 Å². The van der Waals surface area contributed by atoms with Gasteiger partial charge in [-0.2, -0.15) is 0 Å². The van der Waals surface area contributed by atoms with Gasteiger partial charge in [-0.15, -0.1) is 0 Å². The molecule has 0 aliphatic carbocycles. The van der Waals surface area contributed by atoms with Gasteiger partial charge in [-0.3, -0.25) is 4.79 Å². The van der Waals surface area contributed by atoms with Crippen molar-refractivity contribution in [2.45, 2.75) is 0 Å². The molecule has 0 aromatic heterocycles. The van der Waals surface area contributed by atoms with Crippen LogP contribution in [0.5, 0.6) is 17.2 Å². The molecule has 0 heterocycles. The Labute approximate surface area is 135 Å². The minimum absolute atomic E-state index is 0.140. The Morgan fingerprint density at radius 2 is 1.48 bits per heavy atom. The number of methoxy groups -OCH3 is 2. The van der Waals surface area contributed by atoms with E-state index in [4.69, 9.17) is 19.9 Å². The van der Waals surface area contributed by atoms with Crippen LogP contribution >= 0.6 is 0 Å². The van der Waals surface area contributed by atoms with Gasteiger partial charge in [-0.1, -0.05) is 24.3 Å². The van der Waals surface area contributed by atoms with E-state index in [2.05, 4.69) is 0 Å². The molecule has 2 N–H and O–H groups in total. The molecule has 2 aromatic rings. The molecule has 0 radical (unpaired) electrons. The number of nitrogens with two attached hydrogens (primary N) is 1. The van der Waals surface area contributed by atoms with Gasteiger partial charge >= 0.3 is 5.97 Å². The topological polar surface area (TPSA) is 70.8 Å². The molecule has 0 aliphatic rings. The molecular weight excluding hydrogens is 294 g/mol. The zero-order valence-electron chi connectivity index (χ0n) is 13.1. The van der Waals surface area contributed by atoms with Gasteiger partial charge < -0.3 is 19.9 Å². The molecule has 5 heteroatoms. The first-order valence-corrected chi connectivity index (χ1v) is 7.06. The molecule has 0 saturated heterocycles. The second-order valence-corrected chi connectivity index (χ2v) is 4.73. The van der Waals surface area contributed by atoms with Crippen LogP contribution in [0.4, 0.5) is 0 Å². The number of ether oxygens (including phenoxy) is 3. The summed E-state index contributed by atoms with van der Waals surface area (Å²) in [6.45, 7) is -0.140. The Bertz CT molecular complexity index is 670. The summed E-state index contributed by atoms with van der Waals surface area (Å²) < 4.78 is 15.5. The maximum Gasteiger partial charge on any atom is 0.325 e. The van der Waals surface area contributed by atoms with E-state index < -0.39 is 5.97 Å². The maximum atomic E-state index is 11.1. The summed E-state index contributed by atoms with van der Waals surface area (Å²) in [5, 5.41) is 0. The third-order valence-corrected chi connectivity index (χ3v) is 3.12. The molecule has 0 saturated carbocycles. The molecule has 2 rings (SSSR count). The Morgan fingerprint density at radius 1 is 0.913 bits per heavy atom. The van der Waals surface area contributed by atoms with E-state index in [-0.39, 0.29) is 6.54 Å². The van der Waals surface area contributed by atoms with Crippen LogP contribution in [0.25, 0.3) is 12.2 Å². The molecule has 0 aliphatic heterocycles. The second-order valence-electron chi connectivity index (χ2n) is 4.73. The highest BCUT2D eigenvalue weighted by molar-refractivity contribution is 5.75. The number of hydrogen-bond acceptors (Lipinski definition) is 5. The van der Waals surface area contributed by atoms with Crippen molar-refractivity contribution in [3.8, 4) is 17.2 Å². The van der Waals surface area contributed by atoms with E-state index in [0.717, 1.165) is 22.6 Å². The third-order valence-electron chi connectivity index (χ3n) is 3.12. The molecule has 5 nitrogen and oxygen atoms in total. The first kappa shape index (κ1) is 16.6. The highest BCUT2D eigenvalue weighted by Crippen LogP contribution is 2.24. The second kappa shape index (κ2) is 8.00. The van der Waals surface area contributed by atoms with Crippen LogP contribution < -0.4 is 19.9 Å². The molecule has 0 amide bonds. The average molecular weight is 313 g/mol. The zero-order chi connectivity index (χ0) is 16.7. The van der Waals surface area contributed by atoms with Crippen molar-refractivity contribution < 1.29 is 19.0 Å². The van der Waals surface area contributed by atoms with Crippen LogP contribution in [-0.4, -0.2) is 26.7 Å². The van der Waals surface area contributed by atoms with E-state index in [1.807, 2.05) is 42.5 Å². The van der Waals surface area contributed by atoms with Crippen molar-refractivity contribution in [1.82, 2.24) is 0 Å². The molecule has 23 heavy (non-hydrogen) atoms. The van der Waals surface area contributed by atoms with Crippen molar-refractivity contribution in [2.24, 2.45) is 5.73 Å². The SMILES string of the molecule is COc1cc(C=Cc2ccc(OC(=O)CN)cc2)cc(OC)c1. The largest absolute Gasteiger partial charge is 0.497 e. The molecule has 120 valence electrons. The molecule has 0 atom stereocenters. The van der Waals surface area contributed by atoms with Crippen molar-refractivity contribution in [2.75, 3.05) is 20.8 Å². The van der Waals surface area contributed by atoms with E-state index in [1.54, 1.807) is 26.4 Å². The van der Waals surface area contributed by atoms with Crippen LogP contribution in [0, 0.1) is 0 Å². The van der Waals surface area contributed by atoms with Crippen molar-refractivity contribution in [1.29, 1.82) is 0 Å². The van der Waals surface area contributed by atoms with Crippen molar-refractivity contribution in [3.05, 3.63) is 53.6 Å². The number of carbonyl (C=O) groups is 1. The highest BCUT2D eigenvalue weighted by atomic mass is 16.5. The predicted molar refractivity (Wildman–Crippen MR) is 89.6 cm³/mol. The van der Waals surface area contributed by atoms with E-state index in [1.165, 1.54) is 0 Å². The zero-order valence-corrected chi connectivity index (χ0v) is 13.1. The number of hydrogen-bond donors (Lipinski definition) is 1. The fraction of sp³-hybridized carbons (Fsp3) is 0.167. The smallest absolute Gasteiger partial charge is 0.325 e. The molecule has 0 fully saturated rings. The summed E-state index contributed by atoms with van der Waals surface area (Å²) in [7, 11) is 3.23. The lowest BCUT2D eigenvalue weighted by molar-refractivity contribution is -0.132. The fourth-order valence-electron chi connectivity index (χ4n) is 1.94. The van der Waals surface area contributed by atoms with Gasteiger partial charge in [0.1, 0.15) is 17.2 Å². The Balaban J connectivity index is 2.12. The molecular formula is C18H19NO4. The van der Waals surface area contributed by atoms with Crippen LogP contribution in [0.3, 0.4) is 0 Å². The maximum absolute atomic E-state index is 11.1. The van der Waals surface area contributed by atoms with Gasteiger partial charge in [-0.05, 0) is 35.4 Å². The number of benzene rings is 2. The number of rotatable bonds is 6. The van der Waals surface area contributed by atoms with E-state index in [0.29, 0.717) is 5.75 Å². The first-order chi connectivity index (χ1) is 11.1. The molecule has 0 spiro atoms. The van der Waals surface area contributed by atoms with Gasteiger partial charge in [0.2, 0.25) is 0 Å². The summed E-state index contributed by atoms with van der Waals surface area (Å²) >= 11 is 0. The summed E-state index contributed by atoms with van der Waals surface area (Å²) in [5.41, 5.74) is 7.13.